The second-order valence-electron chi connectivity index (χ2n) is 7.68. The van der Waals surface area contributed by atoms with Gasteiger partial charge in [0.05, 0.1) is 5.69 Å². The minimum atomic E-state index is 0.799. The van der Waals surface area contributed by atoms with Crippen LogP contribution >= 0.6 is 0 Å². The summed E-state index contributed by atoms with van der Waals surface area (Å²) >= 11 is 0. The van der Waals surface area contributed by atoms with Crippen molar-refractivity contribution in [2.75, 3.05) is 18.4 Å². The van der Waals surface area contributed by atoms with Crippen LogP contribution in [0.5, 0.6) is 0 Å². The van der Waals surface area contributed by atoms with E-state index in [4.69, 9.17) is 4.98 Å². The summed E-state index contributed by atoms with van der Waals surface area (Å²) in [4.78, 5) is 9.43. The average Bonchev–Trinajstić information content (AvgIpc) is 2.79. The highest BCUT2D eigenvalue weighted by Gasteiger charge is 2.12. The first-order chi connectivity index (χ1) is 14.8. The monoisotopic (exact) mass is 392 g/mol. The molecule has 0 amide bonds. The van der Waals surface area contributed by atoms with Crippen LogP contribution in [0.2, 0.25) is 0 Å². The second kappa shape index (κ2) is 8.09. The van der Waals surface area contributed by atoms with Gasteiger partial charge in [-0.2, -0.15) is 0 Å². The molecule has 2 aromatic heterocycles. The first-order valence-electron chi connectivity index (χ1n) is 10.4. The summed E-state index contributed by atoms with van der Waals surface area (Å²) in [6.45, 7) is 4.02. The smallest absolute Gasteiger partial charge is 0.132 e. The molecule has 148 valence electrons. The number of hydrogen-bond donors (Lipinski definition) is 2. The summed E-state index contributed by atoms with van der Waals surface area (Å²) in [7, 11) is 0. The van der Waals surface area contributed by atoms with Gasteiger partial charge in [0.15, 0.2) is 0 Å². The minimum absolute atomic E-state index is 0.799. The third kappa shape index (κ3) is 3.82. The van der Waals surface area contributed by atoms with Crippen molar-refractivity contribution in [1.29, 1.82) is 0 Å². The number of hydrogen-bond acceptors (Lipinski definition) is 4. The van der Waals surface area contributed by atoms with Gasteiger partial charge < -0.3 is 10.6 Å². The largest absolute Gasteiger partial charge is 0.325 e. The molecule has 1 aliphatic rings. The maximum Gasteiger partial charge on any atom is 0.132 e. The molecule has 2 aromatic carbocycles. The molecular formula is C26H24N4. The van der Waals surface area contributed by atoms with E-state index in [-0.39, 0.29) is 0 Å². The normalized spacial score (nSPS) is 13.8. The lowest BCUT2D eigenvalue weighted by atomic mass is 9.96. The first kappa shape index (κ1) is 18.5. The van der Waals surface area contributed by atoms with Crippen LogP contribution in [0.25, 0.3) is 27.6 Å². The van der Waals surface area contributed by atoms with E-state index in [1.54, 1.807) is 0 Å². The van der Waals surface area contributed by atoms with Crippen LogP contribution in [-0.4, -0.2) is 23.1 Å². The van der Waals surface area contributed by atoms with Gasteiger partial charge in [-0.05, 0) is 66.2 Å². The molecule has 0 spiro atoms. The zero-order valence-corrected chi connectivity index (χ0v) is 17.0. The van der Waals surface area contributed by atoms with Crippen LogP contribution in [0.4, 0.5) is 11.6 Å². The fourth-order valence-electron chi connectivity index (χ4n) is 3.97. The Hall–Kier alpha value is -3.50. The molecule has 0 saturated heterocycles. The van der Waals surface area contributed by atoms with Crippen molar-refractivity contribution in [2.24, 2.45) is 0 Å². The molecule has 0 radical (unpaired) electrons. The summed E-state index contributed by atoms with van der Waals surface area (Å²) in [5.74, 6) is 1.60. The van der Waals surface area contributed by atoms with Gasteiger partial charge in [0.1, 0.15) is 11.6 Å². The summed E-state index contributed by atoms with van der Waals surface area (Å²) in [5, 5.41) is 9.08. The number of aromatic nitrogens is 2. The van der Waals surface area contributed by atoms with E-state index in [1.165, 1.54) is 11.1 Å². The Morgan fingerprint density at radius 2 is 1.80 bits per heavy atom. The van der Waals surface area contributed by atoms with Gasteiger partial charge in [-0.3, -0.25) is 0 Å². The molecule has 0 saturated carbocycles. The Balaban J connectivity index is 1.60. The van der Waals surface area contributed by atoms with Crippen molar-refractivity contribution in [3.8, 4) is 11.3 Å². The molecule has 4 heteroatoms. The molecule has 0 atom stereocenters. The molecule has 0 unspecified atom stereocenters. The SMILES string of the molecule is Cc1ccnc(Nc2cc3ccccc3c(-c3cccc(C4=CCNCC4)c3)n2)c1. The van der Waals surface area contributed by atoms with E-state index in [0.29, 0.717) is 0 Å². The molecule has 0 bridgehead atoms. The molecule has 1 aliphatic heterocycles. The van der Waals surface area contributed by atoms with Crippen molar-refractivity contribution in [3.05, 3.63) is 90.1 Å². The van der Waals surface area contributed by atoms with Crippen LogP contribution in [0.15, 0.2) is 79.0 Å². The third-order valence-corrected chi connectivity index (χ3v) is 5.48. The number of benzene rings is 2. The van der Waals surface area contributed by atoms with Gasteiger partial charge in [0.25, 0.3) is 0 Å². The van der Waals surface area contributed by atoms with Crippen molar-refractivity contribution >= 4 is 28.0 Å². The number of nitrogens with zero attached hydrogens (tertiary/aromatic N) is 2. The number of nitrogens with one attached hydrogen (secondary N) is 2. The Labute approximate surface area is 176 Å². The zero-order chi connectivity index (χ0) is 20.3. The molecule has 0 aliphatic carbocycles. The molecular weight excluding hydrogens is 368 g/mol. The van der Waals surface area contributed by atoms with Gasteiger partial charge in [0, 0.05) is 23.7 Å². The standard InChI is InChI=1S/C26H24N4/c1-18-9-14-28-24(15-18)29-25-17-21-5-2-3-8-23(21)26(30-25)22-7-4-6-20(16-22)19-10-12-27-13-11-19/h2-10,14-17,27H,11-13H2,1H3,(H,28,29,30). The Morgan fingerprint density at radius 1 is 0.900 bits per heavy atom. The Kier molecular flexibility index (Phi) is 4.99. The molecule has 4 aromatic rings. The zero-order valence-electron chi connectivity index (χ0n) is 17.0. The molecule has 4 nitrogen and oxygen atoms in total. The minimum Gasteiger partial charge on any atom is -0.325 e. The lowest BCUT2D eigenvalue weighted by Crippen LogP contribution is -2.19. The van der Waals surface area contributed by atoms with Crippen LogP contribution in [0.1, 0.15) is 17.5 Å². The van der Waals surface area contributed by atoms with E-state index in [9.17, 15) is 0 Å². The fraction of sp³-hybridized carbons (Fsp3) is 0.154. The van der Waals surface area contributed by atoms with Gasteiger partial charge in [-0.1, -0.05) is 48.5 Å². The van der Waals surface area contributed by atoms with Crippen LogP contribution < -0.4 is 10.6 Å². The third-order valence-electron chi connectivity index (χ3n) is 5.48. The average molecular weight is 393 g/mol. The molecule has 0 fully saturated rings. The van der Waals surface area contributed by atoms with Crippen LogP contribution in [-0.2, 0) is 0 Å². The van der Waals surface area contributed by atoms with Crippen molar-refractivity contribution < 1.29 is 0 Å². The van der Waals surface area contributed by atoms with E-state index in [1.807, 2.05) is 18.3 Å². The van der Waals surface area contributed by atoms with E-state index in [0.717, 1.165) is 58.7 Å². The summed E-state index contributed by atoms with van der Waals surface area (Å²) in [5.41, 5.74) is 5.96. The van der Waals surface area contributed by atoms with Crippen molar-refractivity contribution in [1.82, 2.24) is 15.3 Å². The molecule has 2 N–H and O–H groups in total. The fourth-order valence-corrected chi connectivity index (χ4v) is 3.97. The van der Waals surface area contributed by atoms with Crippen LogP contribution in [0.3, 0.4) is 0 Å². The molecule has 5 rings (SSSR count). The van der Waals surface area contributed by atoms with E-state index >= 15 is 0 Å². The van der Waals surface area contributed by atoms with Gasteiger partial charge in [-0.25, -0.2) is 9.97 Å². The predicted molar refractivity (Wildman–Crippen MR) is 125 cm³/mol. The quantitative estimate of drug-likeness (QED) is 0.466. The van der Waals surface area contributed by atoms with Gasteiger partial charge in [-0.15, -0.1) is 0 Å². The van der Waals surface area contributed by atoms with Crippen LogP contribution in [0, 0.1) is 6.92 Å². The van der Waals surface area contributed by atoms with Crippen molar-refractivity contribution in [3.63, 3.8) is 0 Å². The van der Waals surface area contributed by atoms with E-state index in [2.05, 4.69) is 83.2 Å². The lowest BCUT2D eigenvalue weighted by molar-refractivity contribution is 0.738. The number of aryl methyl sites for hydroxylation is 1. The highest BCUT2D eigenvalue weighted by atomic mass is 15.1. The van der Waals surface area contributed by atoms with E-state index < -0.39 is 0 Å². The molecule has 3 heterocycles. The summed E-state index contributed by atoms with van der Waals surface area (Å²) < 4.78 is 0. The summed E-state index contributed by atoms with van der Waals surface area (Å²) in [6, 6.07) is 23.3. The number of rotatable bonds is 4. The van der Waals surface area contributed by atoms with Gasteiger partial charge in [0.2, 0.25) is 0 Å². The highest BCUT2D eigenvalue weighted by molar-refractivity contribution is 5.97. The summed E-state index contributed by atoms with van der Waals surface area (Å²) in [6.07, 6.45) is 5.16. The first-order valence-corrected chi connectivity index (χ1v) is 10.4. The number of pyridine rings is 2. The second-order valence-corrected chi connectivity index (χ2v) is 7.68. The number of fused-ring (bicyclic) bond motifs is 1. The number of anilines is 2. The molecule has 30 heavy (non-hydrogen) atoms. The maximum absolute atomic E-state index is 5.00. The predicted octanol–water partition coefficient (Wildman–Crippen LogP) is 5.73. The maximum atomic E-state index is 5.00. The van der Waals surface area contributed by atoms with Gasteiger partial charge >= 0.3 is 0 Å². The Morgan fingerprint density at radius 3 is 2.67 bits per heavy atom. The van der Waals surface area contributed by atoms with Crippen molar-refractivity contribution in [2.45, 2.75) is 13.3 Å². The highest BCUT2D eigenvalue weighted by Crippen LogP contribution is 2.32. The topological polar surface area (TPSA) is 49.8 Å². The lowest BCUT2D eigenvalue weighted by Gasteiger charge is -2.16. The Bertz CT molecular complexity index is 1240.